The van der Waals surface area contributed by atoms with Crippen molar-refractivity contribution >= 4 is 28.8 Å². The number of carbonyl (C=O) groups excluding carboxylic acids is 1. The molecule has 5 heteroatoms. The lowest BCUT2D eigenvalue weighted by Crippen LogP contribution is -2.07. The Morgan fingerprint density at radius 1 is 0.793 bits per heavy atom. The highest BCUT2D eigenvalue weighted by Gasteiger charge is 2.25. The van der Waals surface area contributed by atoms with Crippen molar-refractivity contribution in [3.05, 3.63) is 15.3 Å². The molecule has 3 N–H and O–H groups in total. The van der Waals surface area contributed by atoms with Crippen molar-refractivity contribution in [3.8, 4) is 0 Å². The minimum absolute atomic E-state index is 0.0412. The van der Waals surface area contributed by atoms with Gasteiger partial charge in [0.15, 0.2) is 5.78 Å². The molecule has 0 aliphatic carbocycles. The van der Waals surface area contributed by atoms with Crippen molar-refractivity contribution in [3.63, 3.8) is 0 Å². The van der Waals surface area contributed by atoms with Gasteiger partial charge in [-0.1, -0.05) is 90.9 Å². The van der Waals surface area contributed by atoms with Gasteiger partial charge in [-0.15, -0.1) is 11.3 Å². The number of thiophene rings is 1. The Bertz CT molecular complexity index is 610. The second-order valence-corrected chi connectivity index (χ2v) is 9.22. The summed E-state index contributed by atoms with van der Waals surface area (Å²) in [6.45, 7) is 4.41. The highest BCUT2D eigenvalue weighted by molar-refractivity contribution is 7.15. The van der Waals surface area contributed by atoms with Gasteiger partial charge in [0.25, 0.3) is 0 Å². The van der Waals surface area contributed by atoms with E-state index in [-0.39, 0.29) is 11.3 Å². The topological polar surface area (TPSA) is 80.4 Å². The fourth-order valence-corrected chi connectivity index (χ4v) is 4.90. The SMILES string of the molecule is CCCCCCCCCCCC(=O)c1sc(CCCCCCC)c(N)c1C(=O)O. The van der Waals surface area contributed by atoms with Crippen molar-refractivity contribution in [1.82, 2.24) is 0 Å². The van der Waals surface area contributed by atoms with Crippen LogP contribution < -0.4 is 5.73 Å². The highest BCUT2D eigenvalue weighted by Crippen LogP contribution is 2.34. The minimum atomic E-state index is -1.08. The van der Waals surface area contributed by atoms with Crippen LogP contribution in [0.15, 0.2) is 0 Å². The average Bonchev–Trinajstić information content (AvgIpc) is 3.03. The van der Waals surface area contributed by atoms with E-state index in [2.05, 4.69) is 13.8 Å². The van der Waals surface area contributed by atoms with Crippen molar-refractivity contribution in [1.29, 1.82) is 0 Å². The molecule has 1 aromatic heterocycles. The van der Waals surface area contributed by atoms with Crippen molar-refractivity contribution in [2.24, 2.45) is 0 Å². The lowest BCUT2D eigenvalue weighted by atomic mass is 10.0. The number of anilines is 1. The molecule has 0 bridgehead atoms. The summed E-state index contributed by atoms with van der Waals surface area (Å²) in [5.41, 5.74) is 6.46. The maximum atomic E-state index is 12.6. The number of aryl methyl sites for hydroxylation is 1. The first-order valence-corrected chi connectivity index (χ1v) is 12.5. The van der Waals surface area contributed by atoms with Gasteiger partial charge in [-0.05, 0) is 19.3 Å². The van der Waals surface area contributed by atoms with Crippen LogP contribution in [0.1, 0.15) is 135 Å². The number of ketones is 1. The van der Waals surface area contributed by atoms with E-state index in [9.17, 15) is 14.7 Å². The summed E-state index contributed by atoms with van der Waals surface area (Å²) >= 11 is 1.31. The maximum Gasteiger partial charge on any atom is 0.339 e. The zero-order valence-electron chi connectivity index (χ0n) is 18.6. The van der Waals surface area contributed by atoms with E-state index >= 15 is 0 Å². The molecule has 0 aliphatic rings. The molecule has 0 radical (unpaired) electrons. The van der Waals surface area contributed by atoms with Crippen molar-refractivity contribution in [2.75, 3.05) is 5.73 Å². The smallest absolute Gasteiger partial charge is 0.339 e. The summed E-state index contributed by atoms with van der Waals surface area (Å²) in [6, 6.07) is 0. The van der Waals surface area contributed by atoms with Gasteiger partial charge in [0.05, 0.1) is 10.6 Å². The fourth-order valence-electron chi connectivity index (χ4n) is 3.68. The number of nitrogen functional groups attached to an aromatic ring is 1. The standard InChI is InChI=1S/C24H41NO3S/c1-3-5-7-9-10-11-12-14-15-17-19(26)23-21(24(27)28)22(25)20(29-23)18-16-13-8-6-4-2/h3-18,25H2,1-2H3,(H,27,28). The quantitative estimate of drug-likeness (QED) is 0.188. The Morgan fingerprint density at radius 3 is 1.79 bits per heavy atom. The van der Waals surface area contributed by atoms with E-state index in [0.717, 1.165) is 43.4 Å². The summed E-state index contributed by atoms with van der Waals surface area (Å²) in [7, 11) is 0. The molecule has 0 fully saturated rings. The van der Waals surface area contributed by atoms with Crippen LogP contribution in [0.3, 0.4) is 0 Å². The molecule has 4 nitrogen and oxygen atoms in total. The number of carboxylic acid groups (broad SMARTS) is 1. The number of aromatic carboxylic acids is 1. The maximum absolute atomic E-state index is 12.6. The largest absolute Gasteiger partial charge is 0.478 e. The van der Waals surface area contributed by atoms with E-state index in [1.807, 2.05) is 0 Å². The molecule has 1 rings (SSSR count). The molecule has 0 saturated carbocycles. The van der Waals surface area contributed by atoms with Gasteiger partial charge in [-0.3, -0.25) is 4.79 Å². The molecule has 1 heterocycles. The number of hydrogen-bond acceptors (Lipinski definition) is 4. The second kappa shape index (κ2) is 15.5. The molecular weight excluding hydrogens is 382 g/mol. The lowest BCUT2D eigenvalue weighted by Gasteiger charge is -2.02. The van der Waals surface area contributed by atoms with Gasteiger partial charge < -0.3 is 10.8 Å². The molecule has 1 aromatic rings. The van der Waals surface area contributed by atoms with Crippen molar-refractivity contribution in [2.45, 2.75) is 117 Å². The van der Waals surface area contributed by atoms with Gasteiger partial charge in [-0.25, -0.2) is 4.79 Å². The van der Waals surface area contributed by atoms with Crippen LogP contribution in [-0.2, 0) is 6.42 Å². The number of Topliss-reactive ketones (excluding diaryl/α,β-unsaturated/α-hetero) is 1. The molecule has 0 amide bonds. The summed E-state index contributed by atoms with van der Waals surface area (Å²) in [4.78, 5) is 25.6. The van der Waals surface area contributed by atoms with Crippen LogP contribution in [-0.4, -0.2) is 16.9 Å². The molecular formula is C24H41NO3S. The molecule has 0 spiro atoms. The highest BCUT2D eigenvalue weighted by atomic mass is 32.1. The van der Waals surface area contributed by atoms with E-state index in [4.69, 9.17) is 5.73 Å². The van der Waals surface area contributed by atoms with Gasteiger partial charge >= 0.3 is 5.97 Å². The summed E-state index contributed by atoms with van der Waals surface area (Å²) in [5.74, 6) is -1.13. The van der Waals surface area contributed by atoms with E-state index in [1.165, 1.54) is 69.1 Å². The number of unbranched alkanes of at least 4 members (excludes halogenated alkanes) is 12. The molecule has 29 heavy (non-hydrogen) atoms. The number of carbonyl (C=O) groups is 2. The summed E-state index contributed by atoms with van der Waals surface area (Å²) < 4.78 is 0. The minimum Gasteiger partial charge on any atom is -0.478 e. The third-order valence-corrected chi connectivity index (χ3v) is 6.81. The average molecular weight is 424 g/mol. The van der Waals surface area contributed by atoms with E-state index in [0.29, 0.717) is 17.0 Å². The Morgan fingerprint density at radius 2 is 1.28 bits per heavy atom. The van der Waals surface area contributed by atoms with Gasteiger partial charge in [0.1, 0.15) is 5.56 Å². The Balaban J connectivity index is 2.46. The molecule has 166 valence electrons. The molecule has 0 atom stereocenters. The number of hydrogen-bond donors (Lipinski definition) is 2. The zero-order valence-corrected chi connectivity index (χ0v) is 19.4. The van der Waals surface area contributed by atoms with Crippen LogP contribution in [0.4, 0.5) is 5.69 Å². The van der Waals surface area contributed by atoms with Crippen LogP contribution in [0.25, 0.3) is 0 Å². The summed E-state index contributed by atoms with van der Waals surface area (Å²) in [5, 5.41) is 9.55. The third-order valence-electron chi connectivity index (χ3n) is 5.50. The lowest BCUT2D eigenvalue weighted by molar-refractivity contribution is 0.0694. The Hall–Kier alpha value is -1.36. The first kappa shape index (κ1) is 25.7. The van der Waals surface area contributed by atoms with Gasteiger partial charge in [0, 0.05) is 11.3 Å². The van der Waals surface area contributed by atoms with Gasteiger partial charge in [-0.2, -0.15) is 0 Å². The third kappa shape index (κ3) is 9.79. The van der Waals surface area contributed by atoms with Gasteiger partial charge in [0.2, 0.25) is 0 Å². The predicted octanol–water partition coefficient (Wildman–Crippen LogP) is 7.65. The van der Waals surface area contributed by atoms with Crippen LogP contribution in [0.5, 0.6) is 0 Å². The Kier molecular flexibility index (Phi) is 13.7. The number of rotatable bonds is 18. The van der Waals surface area contributed by atoms with Crippen LogP contribution in [0, 0.1) is 0 Å². The first-order chi connectivity index (χ1) is 14.0. The first-order valence-electron chi connectivity index (χ1n) is 11.7. The monoisotopic (exact) mass is 423 g/mol. The zero-order chi connectivity index (χ0) is 21.5. The normalized spacial score (nSPS) is 11.1. The number of nitrogens with two attached hydrogens (primary N) is 1. The van der Waals surface area contributed by atoms with Crippen LogP contribution >= 0.6 is 11.3 Å². The van der Waals surface area contributed by atoms with Crippen LogP contribution in [0.2, 0.25) is 0 Å². The molecule has 0 aromatic carbocycles. The number of carboxylic acids is 1. The molecule has 0 saturated heterocycles. The molecule has 0 unspecified atom stereocenters. The summed E-state index contributed by atoms with van der Waals surface area (Å²) in [6.07, 6.45) is 17.7. The molecule has 0 aliphatic heterocycles. The predicted molar refractivity (Wildman–Crippen MR) is 124 cm³/mol. The van der Waals surface area contributed by atoms with E-state index < -0.39 is 5.97 Å². The Labute approximate surface area is 181 Å². The second-order valence-electron chi connectivity index (χ2n) is 8.11. The van der Waals surface area contributed by atoms with E-state index in [1.54, 1.807) is 0 Å². The fraction of sp³-hybridized carbons (Fsp3) is 0.750. The van der Waals surface area contributed by atoms with Crippen molar-refractivity contribution < 1.29 is 14.7 Å².